The van der Waals surface area contributed by atoms with E-state index in [4.69, 9.17) is 4.55 Å². The first-order valence-corrected chi connectivity index (χ1v) is 4.49. The van der Waals surface area contributed by atoms with Gasteiger partial charge in [-0.1, -0.05) is 0 Å². The van der Waals surface area contributed by atoms with Crippen LogP contribution in [0.4, 0.5) is 0 Å². The van der Waals surface area contributed by atoms with Gasteiger partial charge in [-0.2, -0.15) is 8.42 Å². The Morgan fingerprint density at radius 1 is 1.70 bits per heavy atom. The van der Waals surface area contributed by atoms with Gasteiger partial charge in [0.15, 0.2) is 0 Å². The summed E-state index contributed by atoms with van der Waals surface area (Å²) in [4.78, 5) is 3.85. The van der Waals surface area contributed by atoms with Crippen LogP contribution in [-0.2, 0) is 10.1 Å². The third kappa shape index (κ3) is 15.7. The van der Waals surface area contributed by atoms with Gasteiger partial charge in [-0.05, 0) is 0 Å². The third-order valence-corrected chi connectivity index (χ3v) is 0.568. The van der Waals surface area contributed by atoms with Crippen LogP contribution in [0.25, 0.3) is 0 Å². The number of nitrogens with one attached hydrogen (secondary N) is 1. The van der Waals surface area contributed by atoms with Crippen LogP contribution in [0.3, 0.4) is 0 Å². The van der Waals surface area contributed by atoms with Gasteiger partial charge in [0, 0.05) is 6.54 Å². The van der Waals surface area contributed by atoms with Crippen molar-refractivity contribution in [3.05, 3.63) is 0 Å². The van der Waals surface area contributed by atoms with E-state index in [0.29, 0.717) is 6.26 Å². The van der Waals surface area contributed by atoms with Crippen molar-refractivity contribution in [2.24, 2.45) is 4.99 Å². The van der Waals surface area contributed by atoms with E-state index in [1.54, 1.807) is 6.34 Å². The van der Waals surface area contributed by atoms with Gasteiger partial charge in [-0.15, -0.1) is 0 Å². The standard InChI is InChI=1S/C3H6N2.CH4O3S/c1-2-5-3-4-1;1-5(2,3)4/h3H,1-2H2,(H,4,5);1H3,(H,2,3,4). The average Bonchev–Trinajstić information content (AvgIpc) is 2.07. The molecule has 0 aromatic carbocycles. The molecule has 2 N–H and O–H groups in total. The molecule has 0 aromatic rings. The summed E-state index contributed by atoms with van der Waals surface area (Å²) in [6, 6.07) is 0. The van der Waals surface area contributed by atoms with Gasteiger partial charge in [0.1, 0.15) is 0 Å². The van der Waals surface area contributed by atoms with Gasteiger partial charge < -0.3 is 5.32 Å². The Labute approximate surface area is 59.9 Å². The summed E-state index contributed by atoms with van der Waals surface area (Å²) in [6.45, 7) is 1.99. The van der Waals surface area contributed by atoms with Crippen LogP contribution in [0.1, 0.15) is 0 Å². The summed E-state index contributed by atoms with van der Waals surface area (Å²) in [5, 5.41) is 2.93. The second-order valence-electron chi connectivity index (χ2n) is 1.72. The highest BCUT2D eigenvalue weighted by molar-refractivity contribution is 7.85. The summed E-state index contributed by atoms with van der Waals surface area (Å²) < 4.78 is 25.9. The van der Waals surface area contributed by atoms with E-state index in [9.17, 15) is 8.42 Å². The van der Waals surface area contributed by atoms with E-state index in [-0.39, 0.29) is 0 Å². The highest BCUT2D eigenvalue weighted by atomic mass is 32.2. The largest absolute Gasteiger partial charge is 0.375 e. The fourth-order valence-corrected chi connectivity index (χ4v) is 0.323. The van der Waals surface area contributed by atoms with Gasteiger partial charge in [0.25, 0.3) is 10.1 Å². The van der Waals surface area contributed by atoms with E-state index < -0.39 is 10.1 Å². The topological polar surface area (TPSA) is 78.8 Å². The van der Waals surface area contributed by atoms with Crippen molar-refractivity contribution in [2.75, 3.05) is 19.3 Å². The number of nitrogens with zero attached hydrogens (tertiary/aromatic N) is 1. The molecule has 0 saturated heterocycles. The molecule has 5 nitrogen and oxygen atoms in total. The average molecular weight is 166 g/mol. The van der Waals surface area contributed by atoms with Crippen LogP contribution in [0, 0.1) is 0 Å². The smallest absolute Gasteiger partial charge is 0.261 e. The fraction of sp³-hybridized carbons (Fsp3) is 0.750. The molecular formula is C4H10N2O3S. The second-order valence-corrected chi connectivity index (χ2v) is 3.19. The summed E-state index contributed by atoms with van der Waals surface area (Å²) in [5.41, 5.74) is 0. The molecule has 1 aliphatic rings. The normalized spacial score (nSPS) is 15.4. The Kier molecular flexibility index (Phi) is 3.97. The van der Waals surface area contributed by atoms with Crippen molar-refractivity contribution in [3.8, 4) is 0 Å². The lowest BCUT2D eigenvalue weighted by atomic mass is 10.7. The van der Waals surface area contributed by atoms with E-state index in [1.807, 2.05) is 0 Å². The first kappa shape index (κ1) is 9.38. The maximum absolute atomic E-state index is 9.19. The van der Waals surface area contributed by atoms with Gasteiger partial charge in [-0.25, -0.2) is 0 Å². The highest BCUT2D eigenvalue weighted by Gasteiger charge is 1.82. The van der Waals surface area contributed by atoms with Crippen LogP contribution < -0.4 is 5.32 Å². The van der Waals surface area contributed by atoms with E-state index in [1.165, 1.54) is 0 Å². The maximum Gasteiger partial charge on any atom is 0.261 e. The Morgan fingerprint density at radius 3 is 2.30 bits per heavy atom. The zero-order valence-electron chi connectivity index (χ0n) is 5.61. The van der Waals surface area contributed by atoms with E-state index in [2.05, 4.69) is 10.3 Å². The molecule has 0 radical (unpaired) electrons. The highest BCUT2D eigenvalue weighted by Crippen LogP contribution is 1.68. The molecule has 0 bridgehead atoms. The lowest BCUT2D eigenvalue weighted by Gasteiger charge is -1.75. The van der Waals surface area contributed by atoms with Gasteiger partial charge in [0.2, 0.25) is 0 Å². The molecule has 6 heteroatoms. The summed E-state index contributed by atoms with van der Waals surface area (Å²) in [6.07, 6.45) is 2.45. The second kappa shape index (κ2) is 4.24. The quantitative estimate of drug-likeness (QED) is 0.458. The number of rotatable bonds is 0. The molecule has 0 saturated carbocycles. The molecule has 0 aliphatic carbocycles. The third-order valence-electron chi connectivity index (χ3n) is 0.568. The summed E-state index contributed by atoms with van der Waals surface area (Å²) in [5.74, 6) is 0. The lowest BCUT2D eigenvalue weighted by Crippen LogP contribution is -2.04. The predicted octanol–water partition coefficient (Wildman–Crippen LogP) is -0.878. The minimum absolute atomic E-state index is 0.715. The molecular weight excluding hydrogens is 156 g/mol. The fourth-order valence-electron chi connectivity index (χ4n) is 0.323. The van der Waals surface area contributed by atoms with Crippen molar-refractivity contribution in [1.82, 2.24) is 5.32 Å². The minimum Gasteiger partial charge on any atom is -0.375 e. The van der Waals surface area contributed by atoms with Gasteiger partial charge in [0.05, 0.1) is 19.1 Å². The number of hydrogen-bond acceptors (Lipinski definition) is 4. The summed E-state index contributed by atoms with van der Waals surface area (Å²) >= 11 is 0. The van der Waals surface area contributed by atoms with Crippen LogP contribution in [-0.4, -0.2) is 38.7 Å². The first-order valence-electron chi connectivity index (χ1n) is 2.64. The minimum atomic E-state index is -3.67. The molecule has 1 rings (SSSR count). The molecule has 0 fully saturated rings. The van der Waals surface area contributed by atoms with Crippen LogP contribution in [0.2, 0.25) is 0 Å². The van der Waals surface area contributed by atoms with E-state index in [0.717, 1.165) is 13.1 Å². The van der Waals surface area contributed by atoms with Crippen molar-refractivity contribution in [3.63, 3.8) is 0 Å². The Hall–Kier alpha value is -0.620. The van der Waals surface area contributed by atoms with Crippen LogP contribution in [0.15, 0.2) is 4.99 Å². The van der Waals surface area contributed by atoms with Crippen LogP contribution in [0.5, 0.6) is 0 Å². The van der Waals surface area contributed by atoms with Gasteiger partial charge in [-0.3, -0.25) is 9.55 Å². The number of hydrogen-bond donors (Lipinski definition) is 2. The monoisotopic (exact) mass is 166 g/mol. The number of aliphatic imine (C=N–C) groups is 1. The molecule has 10 heavy (non-hydrogen) atoms. The Morgan fingerprint density at radius 2 is 2.20 bits per heavy atom. The molecule has 0 unspecified atom stereocenters. The molecule has 0 atom stereocenters. The van der Waals surface area contributed by atoms with Crippen molar-refractivity contribution >= 4 is 16.5 Å². The lowest BCUT2D eigenvalue weighted by molar-refractivity contribution is 0.490. The molecule has 60 valence electrons. The van der Waals surface area contributed by atoms with Crippen molar-refractivity contribution < 1.29 is 13.0 Å². The first-order chi connectivity index (χ1) is 4.50. The maximum atomic E-state index is 9.19. The Balaban J connectivity index is 0.000000162. The van der Waals surface area contributed by atoms with Crippen molar-refractivity contribution in [2.45, 2.75) is 0 Å². The Bertz CT molecular complexity index is 183. The summed E-state index contributed by atoms with van der Waals surface area (Å²) in [7, 11) is -3.67. The van der Waals surface area contributed by atoms with Crippen molar-refractivity contribution in [1.29, 1.82) is 0 Å². The van der Waals surface area contributed by atoms with E-state index >= 15 is 0 Å². The zero-order valence-corrected chi connectivity index (χ0v) is 6.43. The van der Waals surface area contributed by atoms with Gasteiger partial charge >= 0.3 is 0 Å². The van der Waals surface area contributed by atoms with Crippen LogP contribution >= 0.6 is 0 Å². The predicted molar refractivity (Wildman–Crippen MR) is 38.8 cm³/mol. The molecule has 0 spiro atoms. The molecule has 1 heterocycles. The SMILES string of the molecule is C1=NCCN1.CS(=O)(=O)O. The molecule has 1 aliphatic heterocycles. The zero-order chi connectivity index (χ0) is 8.04. The molecule has 0 aromatic heterocycles. The molecule has 0 amide bonds.